The predicted molar refractivity (Wildman–Crippen MR) is 114 cm³/mol. The third-order valence-corrected chi connectivity index (χ3v) is 6.47. The molecule has 1 aliphatic carbocycles. The monoisotopic (exact) mass is 522 g/mol. The number of fused-ring (bicyclic) bond motifs is 1. The van der Waals surface area contributed by atoms with Crippen LogP contribution in [-0.2, 0) is 12.4 Å². The van der Waals surface area contributed by atoms with E-state index < -0.39 is 47.2 Å². The van der Waals surface area contributed by atoms with Gasteiger partial charge in [0.2, 0.25) is 0 Å². The van der Waals surface area contributed by atoms with Gasteiger partial charge in [-0.25, -0.2) is 9.67 Å². The average Bonchev–Trinajstić information content (AvgIpc) is 3.43. The molecular formula is C22H16F6N8O. The lowest BCUT2D eigenvalue weighted by atomic mass is 9.79. The van der Waals surface area contributed by atoms with Crippen LogP contribution in [0.15, 0.2) is 35.5 Å². The van der Waals surface area contributed by atoms with E-state index in [0.717, 1.165) is 24.7 Å². The van der Waals surface area contributed by atoms with E-state index >= 15 is 0 Å². The highest BCUT2D eigenvalue weighted by Crippen LogP contribution is 2.45. The van der Waals surface area contributed by atoms with Crippen molar-refractivity contribution >= 4 is 11.0 Å². The molecule has 1 fully saturated rings. The van der Waals surface area contributed by atoms with Gasteiger partial charge in [-0.15, -0.1) is 0 Å². The number of hydrogen-bond donors (Lipinski definition) is 1. The first kappa shape index (κ1) is 24.5. The molecule has 0 aliphatic heterocycles. The van der Waals surface area contributed by atoms with E-state index in [2.05, 4.69) is 25.1 Å². The molecule has 5 rings (SSSR count). The van der Waals surface area contributed by atoms with Crippen molar-refractivity contribution in [3.05, 3.63) is 69.4 Å². The fraction of sp³-hybridized carbons (Fsp3) is 0.364. The Bertz CT molecular complexity index is 1570. The van der Waals surface area contributed by atoms with E-state index in [4.69, 9.17) is 0 Å². The minimum Gasteiger partial charge on any atom is -0.309 e. The number of nitriles is 1. The minimum atomic E-state index is -4.62. The van der Waals surface area contributed by atoms with Gasteiger partial charge < -0.3 is 4.98 Å². The van der Waals surface area contributed by atoms with Crippen LogP contribution in [-0.4, -0.2) is 34.5 Å². The van der Waals surface area contributed by atoms with Crippen LogP contribution in [0, 0.1) is 11.3 Å². The second-order valence-corrected chi connectivity index (χ2v) is 8.66. The number of pyridine rings is 1. The van der Waals surface area contributed by atoms with Gasteiger partial charge >= 0.3 is 12.4 Å². The predicted octanol–water partition coefficient (Wildman–Crippen LogP) is 4.35. The Kier molecular flexibility index (Phi) is 5.57. The molecule has 4 heterocycles. The van der Waals surface area contributed by atoms with Crippen LogP contribution in [0.2, 0.25) is 0 Å². The third-order valence-electron chi connectivity index (χ3n) is 6.47. The summed E-state index contributed by atoms with van der Waals surface area (Å²) in [6.45, 7) is 1.59. The van der Waals surface area contributed by atoms with Gasteiger partial charge in [0, 0.05) is 18.3 Å². The summed E-state index contributed by atoms with van der Waals surface area (Å²) in [5.74, 6) is -0.281. The molecule has 15 heteroatoms. The van der Waals surface area contributed by atoms with Crippen molar-refractivity contribution < 1.29 is 26.3 Å². The maximum atomic E-state index is 13.0. The van der Waals surface area contributed by atoms with Crippen molar-refractivity contribution in [3.8, 4) is 6.07 Å². The topological polar surface area (TPSA) is 118 Å². The van der Waals surface area contributed by atoms with Gasteiger partial charge in [0.25, 0.3) is 5.56 Å². The van der Waals surface area contributed by atoms with E-state index in [1.807, 2.05) is 6.07 Å². The van der Waals surface area contributed by atoms with Crippen molar-refractivity contribution in [2.75, 3.05) is 0 Å². The molecule has 0 aromatic carbocycles. The van der Waals surface area contributed by atoms with Gasteiger partial charge in [-0.05, 0) is 31.4 Å². The zero-order valence-electron chi connectivity index (χ0n) is 18.8. The Labute approximate surface area is 203 Å². The van der Waals surface area contributed by atoms with Crippen LogP contribution in [0.25, 0.3) is 11.0 Å². The van der Waals surface area contributed by atoms with Crippen LogP contribution >= 0.6 is 0 Å². The summed E-state index contributed by atoms with van der Waals surface area (Å²) < 4.78 is 80.1. The van der Waals surface area contributed by atoms with Crippen LogP contribution in [0.5, 0.6) is 0 Å². The molecule has 4 aromatic heterocycles. The number of halogens is 6. The number of aromatic nitrogens is 7. The van der Waals surface area contributed by atoms with Gasteiger partial charge in [0.05, 0.1) is 23.8 Å². The summed E-state index contributed by atoms with van der Waals surface area (Å²) in [5, 5.41) is 17.4. The number of aromatic amines is 1. The highest BCUT2D eigenvalue weighted by atomic mass is 19.4. The lowest BCUT2D eigenvalue weighted by Gasteiger charge is -2.35. The Morgan fingerprint density at radius 3 is 2.43 bits per heavy atom. The smallest absolute Gasteiger partial charge is 0.309 e. The van der Waals surface area contributed by atoms with Gasteiger partial charge in [-0.3, -0.25) is 14.5 Å². The molecule has 37 heavy (non-hydrogen) atoms. The fourth-order valence-electron chi connectivity index (χ4n) is 4.33. The molecular weight excluding hydrogens is 506 g/mol. The summed E-state index contributed by atoms with van der Waals surface area (Å²) in [6.07, 6.45) is -5.51. The maximum absolute atomic E-state index is 13.0. The Balaban J connectivity index is 1.54. The number of hydrogen-bond acceptors (Lipinski definition) is 6. The molecule has 0 bridgehead atoms. The zero-order chi connectivity index (χ0) is 26.7. The van der Waals surface area contributed by atoms with Crippen molar-refractivity contribution in [3.63, 3.8) is 0 Å². The molecule has 1 N–H and O–H groups in total. The van der Waals surface area contributed by atoms with Gasteiger partial charge in [0.15, 0.2) is 11.3 Å². The van der Waals surface area contributed by atoms with E-state index in [9.17, 15) is 36.4 Å². The van der Waals surface area contributed by atoms with E-state index in [1.165, 1.54) is 15.4 Å². The van der Waals surface area contributed by atoms with Gasteiger partial charge in [-0.1, -0.05) is 6.07 Å². The summed E-state index contributed by atoms with van der Waals surface area (Å²) in [6, 6.07) is 2.61. The van der Waals surface area contributed by atoms with Crippen molar-refractivity contribution in [1.29, 1.82) is 5.26 Å². The first-order valence-electron chi connectivity index (χ1n) is 11.0. The summed E-state index contributed by atoms with van der Waals surface area (Å²) in [7, 11) is 0. The fourth-order valence-corrected chi connectivity index (χ4v) is 4.33. The molecule has 9 nitrogen and oxygen atoms in total. The third kappa shape index (κ3) is 4.21. The van der Waals surface area contributed by atoms with Gasteiger partial charge in [-0.2, -0.15) is 41.8 Å². The highest BCUT2D eigenvalue weighted by Gasteiger charge is 2.39. The molecule has 0 spiro atoms. The lowest BCUT2D eigenvalue weighted by molar-refractivity contribution is -0.141. The lowest BCUT2D eigenvalue weighted by Crippen LogP contribution is -2.31. The Morgan fingerprint density at radius 1 is 1.14 bits per heavy atom. The normalized spacial score (nSPS) is 19.0. The van der Waals surface area contributed by atoms with Crippen molar-refractivity contribution in [2.24, 2.45) is 0 Å². The average molecular weight is 522 g/mol. The van der Waals surface area contributed by atoms with Crippen LogP contribution < -0.4 is 5.56 Å². The molecule has 3 atom stereocenters. The molecule has 1 saturated carbocycles. The summed E-state index contributed by atoms with van der Waals surface area (Å²) in [5.41, 5.74) is -2.53. The standard InChI is InChI=1S/C22H16F6N8O/c1-10(11-2-5-16(30-7-11)22(26,27)28)36-19-17(14(6-29)34-36)20(37)33-18(32-19)13-3-4-15(13)35-9-12(8-31-35)21(23,24)25/h2,5,7-10,13,15H,3-4H2,1H3,(H,32,33,37)/t10-,13?,15?/m0/s1. The number of H-pyrrole nitrogens is 1. The highest BCUT2D eigenvalue weighted by molar-refractivity contribution is 5.80. The maximum Gasteiger partial charge on any atom is 0.433 e. The number of alkyl halides is 6. The molecule has 1 aliphatic rings. The first-order chi connectivity index (χ1) is 17.4. The molecule has 0 amide bonds. The second kappa shape index (κ2) is 8.43. The number of nitrogens with zero attached hydrogens (tertiary/aromatic N) is 7. The number of nitrogens with one attached hydrogen (secondary N) is 1. The second-order valence-electron chi connectivity index (χ2n) is 8.66. The molecule has 4 aromatic rings. The van der Waals surface area contributed by atoms with Crippen LogP contribution in [0.3, 0.4) is 0 Å². The summed E-state index contributed by atoms with van der Waals surface area (Å²) in [4.78, 5) is 23.5. The van der Waals surface area contributed by atoms with E-state index in [1.54, 1.807) is 6.92 Å². The quantitative estimate of drug-likeness (QED) is 0.398. The Hall–Kier alpha value is -4.22. The van der Waals surface area contributed by atoms with Gasteiger partial charge in [0.1, 0.15) is 23.0 Å². The number of rotatable bonds is 4. The molecule has 2 unspecified atom stereocenters. The SMILES string of the molecule is C[C@@H](c1ccc(C(F)(F)F)nc1)n1nc(C#N)c2c(=O)[nH]c(C3CCC3n3cc(C(F)(F)F)cn3)nc21. The Morgan fingerprint density at radius 2 is 1.89 bits per heavy atom. The van der Waals surface area contributed by atoms with Crippen LogP contribution in [0.4, 0.5) is 26.3 Å². The minimum absolute atomic E-state index is 0.0183. The first-order valence-corrected chi connectivity index (χ1v) is 11.0. The van der Waals surface area contributed by atoms with Crippen molar-refractivity contribution in [1.82, 2.24) is 34.5 Å². The van der Waals surface area contributed by atoms with Crippen LogP contribution in [0.1, 0.15) is 66.1 Å². The van der Waals surface area contributed by atoms with E-state index in [-0.39, 0.29) is 22.6 Å². The van der Waals surface area contributed by atoms with Crippen molar-refractivity contribution in [2.45, 2.75) is 50.1 Å². The molecule has 0 saturated heterocycles. The molecule has 0 radical (unpaired) electrons. The summed E-state index contributed by atoms with van der Waals surface area (Å²) >= 11 is 0. The zero-order valence-corrected chi connectivity index (χ0v) is 18.8. The molecule has 192 valence electrons. The largest absolute Gasteiger partial charge is 0.433 e. The van der Waals surface area contributed by atoms with E-state index in [0.29, 0.717) is 18.4 Å².